The van der Waals surface area contributed by atoms with E-state index in [-0.39, 0.29) is 18.0 Å². The number of amides is 1. The van der Waals surface area contributed by atoms with Gasteiger partial charge < -0.3 is 14.6 Å². The van der Waals surface area contributed by atoms with Crippen molar-refractivity contribution >= 4 is 40.0 Å². The molecule has 0 aliphatic heterocycles. The van der Waals surface area contributed by atoms with Gasteiger partial charge in [0.25, 0.3) is 5.56 Å². The molecule has 0 saturated heterocycles. The van der Waals surface area contributed by atoms with Crippen molar-refractivity contribution in [1.29, 1.82) is 0 Å². The molecule has 0 unspecified atom stereocenters. The van der Waals surface area contributed by atoms with Crippen LogP contribution >= 0.6 is 11.6 Å². The van der Waals surface area contributed by atoms with Crippen LogP contribution in [0.15, 0.2) is 83.7 Å². The topological polar surface area (TPSA) is 77.6 Å². The Morgan fingerprint density at radius 3 is 2.55 bits per heavy atom. The van der Waals surface area contributed by atoms with E-state index in [4.69, 9.17) is 21.3 Å². The molecule has 0 saturated carbocycles. The van der Waals surface area contributed by atoms with Crippen molar-refractivity contribution in [2.24, 2.45) is 0 Å². The van der Waals surface area contributed by atoms with Crippen molar-refractivity contribution in [3.63, 3.8) is 0 Å². The summed E-state index contributed by atoms with van der Waals surface area (Å²) in [6.07, 6.45) is 0. The highest BCUT2D eigenvalue weighted by Gasteiger charge is 2.18. The summed E-state index contributed by atoms with van der Waals surface area (Å²) in [5.74, 6) is 0.657. The number of rotatable bonds is 5. The van der Waals surface area contributed by atoms with Gasteiger partial charge in [-0.1, -0.05) is 48.0 Å². The van der Waals surface area contributed by atoms with Crippen molar-refractivity contribution < 1.29 is 9.53 Å². The van der Waals surface area contributed by atoms with Crippen molar-refractivity contribution in [2.75, 3.05) is 12.4 Å². The fourth-order valence-corrected chi connectivity index (χ4v) is 4.09. The molecule has 5 aromatic rings. The number of imidazole rings is 1. The highest BCUT2D eigenvalue weighted by Crippen LogP contribution is 2.25. The Balaban J connectivity index is 1.63. The monoisotopic (exact) mass is 458 g/mol. The summed E-state index contributed by atoms with van der Waals surface area (Å²) in [7, 11) is 1.55. The molecule has 0 bridgehead atoms. The van der Waals surface area contributed by atoms with E-state index in [1.807, 2.05) is 42.5 Å². The molecule has 164 valence electrons. The standard InChI is InChI=1S/C25H19ClN4O3/c1-33-22-12-5-2-9-18(22)27-23(31)15-29-20-10-3-4-11-21(20)30-24(32)14-19(28-25(29)30)16-7-6-8-17(26)13-16/h2-14H,15H2,1H3,(H,27,31). The van der Waals surface area contributed by atoms with Gasteiger partial charge >= 0.3 is 0 Å². The third-order valence-corrected chi connectivity index (χ3v) is 5.59. The Bertz CT molecular complexity index is 1570. The average molecular weight is 459 g/mol. The van der Waals surface area contributed by atoms with Gasteiger partial charge in [-0.3, -0.25) is 9.59 Å². The Morgan fingerprint density at radius 2 is 1.76 bits per heavy atom. The number of para-hydroxylation sites is 4. The summed E-state index contributed by atoms with van der Waals surface area (Å²) in [6.45, 7) is -0.0412. The lowest BCUT2D eigenvalue weighted by Crippen LogP contribution is -2.21. The van der Waals surface area contributed by atoms with Crippen LogP contribution in [-0.2, 0) is 11.3 Å². The second kappa shape index (κ2) is 8.44. The minimum absolute atomic E-state index is 0.0412. The zero-order valence-corrected chi connectivity index (χ0v) is 18.4. The van der Waals surface area contributed by atoms with Crippen LogP contribution in [0.3, 0.4) is 0 Å². The lowest BCUT2D eigenvalue weighted by molar-refractivity contribution is -0.116. The fourth-order valence-electron chi connectivity index (χ4n) is 3.90. The molecule has 2 heterocycles. The summed E-state index contributed by atoms with van der Waals surface area (Å²) in [5, 5.41) is 3.43. The number of methoxy groups -OCH3 is 1. The molecule has 1 N–H and O–H groups in total. The Morgan fingerprint density at radius 1 is 1.00 bits per heavy atom. The molecule has 33 heavy (non-hydrogen) atoms. The van der Waals surface area contributed by atoms with Crippen LogP contribution in [0, 0.1) is 0 Å². The molecule has 0 aliphatic rings. The summed E-state index contributed by atoms with van der Waals surface area (Å²) >= 11 is 6.14. The number of halogens is 1. The van der Waals surface area contributed by atoms with Crippen molar-refractivity contribution in [1.82, 2.24) is 14.0 Å². The molecular weight excluding hydrogens is 440 g/mol. The minimum atomic E-state index is -0.273. The molecular formula is C25H19ClN4O3. The quantitative estimate of drug-likeness (QED) is 0.417. The first-order valence-corrected chi connectivity index (χ1v) is 10.6. The summed E-state index contributed by atoms with van der Waals surface area (Å²) in [6, 6.07) is 23.2. The molecule has 3 aromatic carbocycles. The number of nitrogens with zero attached hydrogens (tertiary/aromatic N) is 3. The van der Waals surface area contributed by atoms with Crippen LogP contribution in [0.4, 0.5) is 5.69 Å². The van der Waals surface area contributed by atoms with Gasteiger partial charge in [0.1, 0.15) is 12.3 Å². The van der Waals surface area contributed by atoms with Crippen LogP contribution < -0.4 is 15.6 Å². The number of carbonyl (C=O) groups is 1. The molecule has 1 amide bonds. The largest absolute Gasteiger partial charge is 0.495 e. The summed E-state index contributed by atoms with van der Waals surface area (Å²) in [4.78, 5) is 30.8. The molecule has 0 radical (unpaired) electrons. The van der Waals surface area contributed by atoms with Gasteiger partial charge in [0, 0.05) is 16.7 Å². The molecule has 0 fully saturated rings. The highest BCUT2D eigenvalue weighted by molar-refractivity contribution is 6.30. The minimum Gasteiger partial charge on any atom is -0.495 e. The highest BCUT2D eigenvalue weighted by atomic mass is 35.5. The molecule has 8 heteroatoms. The number of fused-ring (bicyclic) bond motifs is 3. The van der Waals surface area contributed by atoms with Crippen molar-refractivity contribution in [3.8, 4) is 17.0 Å². The zero-order chi connectivity index (χ0) is 22.9. The summed E-state index contributed by atoms with van der Waals surface area (Å²) in [5.41, 5.74) is 2.92. The number of ether oxygens (including phenoxy) is 1. The number of carbonyl (C=O) groups excluding carboxylic acids is 1. The van der Waals surface area contributed by atoms with E-state index in [0.717, 1.165) is 11.1 Å². The first-order valence-electron chi connectivity index (χ1n) is 10.2. The lowest BCUT2D eigenvalue weighted by atomic mass is 10.1. The maximum Gasteiger partial charge on any atom is 0.260 e. The number of anilines is 1. The van der Waals surface area contributed by atoms with E-state index in [2.05, 4.69) is 5.32 Å². The van der Waals surface area contributed by atoms with Gasteiger partial charge in [-0.2, -0.15) is 0 Å². The van der Waals surface area contributed by atoms with Crippen LogP contribution in [0.5, 0.6) is 5.75 Å². The molecule has 0 atom stereocenters. The Hall–Kier alpha value is -4.10. The van der Waals surface area contributed by atoms with Gasteiger partial charge in [0.2, 0.25) is 11.7 Å². The lowest BCUT2D eigenvalue weighted by Gasteiger charge is -2.11. The van der Waals surface area contributed by atoms with Gasteiger partial charge in [-0.25, -0.2) is 9.38 Å². The Kier molecular flexibility index (Phi) is 5.32. The van der Waals surface area contributed by atoms with Gasteiger partial charge in [-0.05, 0) is 36.4 Å². The SMILES string of the molecule is COc1ccccc1NC(=O)Cn1c2ccccc2n2c(=O)cc(-c3cccc(Cl)c3)nc12. The smallest absolute Gasteiger partial charge is 0.260 e. The van der Waals surface area contributed by atoms with E-state index in [9.17, 15) is 9.59 Å². The number of nitrogens with one attached hydrogen (secondary N) is 1. The maximum absolute atomic E-state index is 13.1. The first-order chi connectivity index (χ1) is 16.0. The predicted octanol–water partition coefficient (Wildman–Crippen LogP) is 4.62. The number of benzene rings is 3. The van der Waals surface area contributed by atoms with Gasteiger partial charge in [0.05, 0.1) is 29.5 Å². The number of hydrogen-bond acceptors (Lipinski definition) is 4. The number of hydrogen-bond donors (Lipinski definition) is 1. The second-order valence-corrected chi connectivity index (χ2v) is 7.89. The van der Waals surface area contributed by atoms with Crippen LogP contribution in [0.25, 0.3) is 28.1 Å². The van der Waals surface area contributed by atoms with Crippen LogP contribution in [0.1, 0.15) is 0 Å². The third-order valence-electron chi connectivity index (χ3n) is 5.36. The molecule has 5 rings (SSSR count). The fraction of sp³-hybridized carbons (Fsp3) is 0.0800. The van der Waals surface area contributed by atoms with E-state index >= 15 is 0 Å². The molecule has 0 spiro atoms. The summed E-state index contributed by atoms with van der Waals surface area (Å²) < 4.78 is 8.57. The Labute approximate surface area is 193 Å². The zero-order valence-electron chi connectivity index (χ0n) is 17.7. The van der Waals surface area contributed by atoms with Gasteiger partial charge in [0.15, 0.2) is 0 Å². The maximum atomic E-state index is 13.1. The van der Waals surface area contributed by atoms with Crippen LogP contribution in [-0.4, -0.2) is 27.0 Å². The van der Waals surface area contributed by atoms with Crippen LogP contribution in [0.2, 0.25) is 5.02 Å². The predicted molar refractivity (Wildman–Crippen MR) is 129 cm³/mol. The van der Waals surface area contributed by atoms with Gasteiger partial charge in [-0.15, -0.1) is 0 Å². The number of aromatic nitrogens is 3. The van der Waals surface area contributed by atoms with Crippen molar-refractivity contribution in [2.45, 2.75) is 6.54 Å². The molecule has 0 aliphatic carbocycles. The van der Waals surface area contributed by atoms with E-state index < -0.39 is 0 Å². The first kappa shape index (κ1) is 20.8. The molecule has 2 aromatic heterocycles. The second-order valence-electron chi connectivity index (χ2n) is 7.45. The normalized spacial score (nSPS) is 11.1. The van der Waals surface area contributed by atoms with E-state index in [0.29, 0.717) is 33.4 Å². The van der Waals surface area contributed by atoms with E-state index in [1.165, 1.54) is 10.5 Å². The van der Waals surface area contributed by atoms with Crippen molar-refractivity contribution in [3.05, 3.63) is 94.2 Å². The van der Waals surface area contributed by atoms with E-state index in [1.54, 1.807) is 42.0 Å². The molecule has 7 nitrogen and oxygen atoms in total. The third kappa shape index (κ3) is 3.83. The average Bonchev–Trinajstić information content (AvgIpc) is 3.13.